The monoisotopic (exact) mass is 488 g/mol. The molecule has 2 bridgehead atoms. The molecule has 7 heteroatoms. The van der Waals surface area contributed by atoms with Gasteiger partial charge in [0, 0.05) is 17.5 Å². The van der Waals surface area contributed by atoms with Gasteiger partial charge in [0.25, 0.3) is 5.69 Å². The number of benzene rings is 3. The number of halogens is 1. The van der Waals surface area contributed by atoms with Crippen LogP contribution in [0.1, 0.15) is 33.7 Å². The molecular weight excluding hydrogens is 472 g/mol. The van der Waals surface area contributed by atoms with Gasteiger partial charge in [0.1, 0.15) is 0 Å². The summed E-state index contributed by atoms with van der Waals surface area (Å²) in [6, 6.07) is 20.4. The maximum Gasteiger partial charge on any atom is 0.274 e. The van der Waals surface area contributed by atoms with Crippen LogP contribution in [0.3, 0.4) is 0 Å². The largest absolute Gasteiger partial charge is 0.274 e. The summed E-state index contributed by atoms with van der Waals surface area (Å²) in [5.74, 6) is -2.09. The van der Waals surface area contributed by atoms with Crippen molar-refractivity contribution in [2.24, 2.45) is 11.8 Å². The van der Waals surface area contributed by atoms with Crippen LogP contribution in [0, 0.1) is 28.9 Å². The molecule has 32 heavy (non-hydrogen) atoms. The summed E-state index contributed by atoms with van der Waals surface area (Å²) < 4.78 is -0.836. The number of alkyl halides is 1. The van der Waals surface area contributed by atoms with Gasteiger partial charge >= 0.3 is 0 Å². The highest BCUT2D eigenvalue weighted by Crippen LogP contribution is 2.66. The van der Waals surface area contributed by atoms with Gasteiger partial charge < -0.3 is 0 Å². The molecule has 0 aromatic heterocycles. The molecule has 1 aliphatic heterocycles. The smallest absolute Gasteiger partial charge is 0.274 e. The van der Waals surface area contributed by atoms with Gasteiger partial charge in [-0.05, 0) is 35.2 Å². The maximum absolute atomic E-state index is 13.8. The highest BCUT2D eigenvalue weighted by atomic mass is 79.9. The minimum absolute atomic E-state index is 0.110. The van der Waals surface area contributed by atoms with E-state index in [1.54, 1.807) is 19.1 Å². The van der Waals surface area contributed by atoms with Crippen LogP contribution in [0.2, 0.25) is 0 Å². The number of amides is 2. The number of aryl methyl sites for hydroxylation is 1. The summed E-state index contributed by atoms with van der Waals surface area (Å²) in [7, 11) is 0. The summed E-state index contributed by atoms with van der Waals surface area (Å²) in [4.78, 5) is 39.8. The van der Waals surface area contributed by atoms with E-state index in [0.29, 0.717) is 5.56 Å². The maximum atomic E-state index is 13.8. The summed E-state index contributed by atoms with van der Waals surface area (Å²) in [5.41, 5.74) is 4.71. The number of carbonyl (C=O) groups excluding carboxylic acids is 2. The van der Waals surface area contributed by atoms with Crippen molar-refractivity contribution in [3.05, 3.63) is 105 Å². The molecule has 0 saturated carbocycles. The fourth-order valence-electron chi connectivity index (χ4n) is 5.87. The highest BCUT2D eigenvalue weighted by Gasteiger charge is 2.67. The Morgan fingerprint density at radius 2 is 1.53 bits per heavy atom. The third-order valence-corrected chi connectivity index (χ3v) is 8.51. The third-order valence-electron chi connectivity index (χ3n) is 7.16. The van der Waals surface area contributed by atoms with Crippen molar-refractivity contribution in [2.75, 3.05) is 4.90 Å². The lowest BCUT2D eigenvalue weighted by molar-refractivity contribution is -0.385. The lowest BCUT2D eigenvalue weighted by Gasteiger charge is -2.51. The zero-order chi connectivity index (χ0) is 22.4. The van der Waals surface area contributed by atoms with Crippen molar-refractivity contribution in [3.8, 4) is 0 Å². The lowest BCUT2D eigenvalue weighted by Crippen LogP contribution is -2.50. The molecule has 2 atom stereocenters. The van der Waals surface area contributed by atoms with E-state index in [2.05, 4.69) is 15.9 Å². The van der Waals surface area contributed by atoms with E-state index in [-0.39, 0.29) is 29.1 Å². The molecule has 0 N–H and O–H groups in total. The van der Waals surface area contributed by atoms with Crippen molar-refractivity contribution in [2.45, 2.75) is 17.2 Å². The quantitative estimate of drug-likeness (QED) is 0.224. The third kappa shape index (κ3) is 2.19. The second-order valence-electron chi connectivity index (χ2n) is 8.61. The summed E-state index contributed by atoms with van der Waals surface area (Å²) >= 11 is 3.95. The Bertz CT molecular complexity index is 1320. The molecule has 1 heterocycles. The van der Waals surface area contributed by atoms with Crippen LogP contribution in [0.15, 0.2) is 66.7 Å². The molecule has 2 amide bonds. The molecular formula is C25H17BrN2O4. The molecule has 7 rings (SSSR count). The van der Waals surface area contributed by atoms with Crippen LogP contribution in [-0.2, 0) is 13.9 Å². The minimum Gasteiger partial charge on any atom is -0.274 e. The second kappa shape index (κ2) is 6.36. The Kier molecular flexibility index (Phi) is 3.85. The van der Waals surface area contributed by atoms with Gasteiger partial charge in [0.15, 0.2) is 0 Å². The minimum atomic E-state index is -0.836. The number of nitro benzene ring substituents is 1. The zero-order valence-electron chi connectivity index (χ0n) is 17.0. The molecule has 158 valence electrons. The van der Waals surface area contributed by atoms with Gasteiger partial charge in [-0.3, -0.25) is 19.7 Å². The topological polar surface area (TPSA) is 80.5 Å². The Labute approximate surface area is 192 Å². The van der Waals surface area contributed by atoms with Gasteiger partial charge in [-0.25, -0.2) is 4.90 Å². The van der Waals surface area contributed by atoms with E-state index in [9.17, 15) is 19.7 Å². The van der Waals surface area contributed by atoms with Crippen molar-refractivity contribution in [3.63, 3.8) is 0 Å². The Morgan fingerprint density at radius 1 is 0.938 bits per heavy atom. The molecule has 1 fully saturated rings. The molecule has 0 spiro atoms. The van der Waals surface area contributed by atoms with Crippen LogP contribution < -0.4 is 4.90 Å². The highest BCUT2D eigenvalue weighted by molar-refractivity contribution is 9.09. The number of hydrogen-bond donors (Lipinski definition) is 0. The first-order valence-electron chi connectivity index (χ1n) is 10.4. The van der Waals surface area contributed by atoms with Gasteiger partial charge in [0.2, 0.25) is 11.8 Å². The Morgan fingerprint density at radius 3 is 2.12 bits per heavy atom. The van der Waals surface area contributed by atoms with Gasteiger partial charge in [-0.1, -0.05) is 70.5 Å². The summed E-state index contributed by atoms with van der Waals surface area (Å²) in [6.45, 7) is 1.64. The molecule has 3 aromatic carbocycles. The van der Waals surface area contributed by atoms with Gasteiger partial charge in [-0.2, -0.15) is 0 Å². The van der Waals surface area contributed by atoms with Crippen LogP contribution in [-0.4, -0.2) is 16.7 Å². The van der Waals surface area contributed by atoms with E-state index in [1.165, 1.54) is 6.07 Å². The van der Waals surface area contributed by atoms with Crippen LogP contribution in [0.25, 0.3) is 0 Å². The molecule has 3 aliphatic carbocycles. The molecule has 4 aliphatic rings. The summed E-state index contributed by atoms with van der Waals surface area (Å²) in [5, 5.41) is 11.5. The van der Waals surface area contributed by atoms with Crippen molar-refractivity contribution in [1.29, 1.82) is 0 Å². The fourth-order valence-corrected chi connectivity index (χ4v) is 7.07. The molecule has 0 unspecified atom stereocenters. The Hall–Kier alpha value is -3.32. The van der Waals surface area contributed by atoms with Gasteiger partial charge in [-0.15, -0.1) is 0 Å². The average Bonchev–Trinajstić information content (AvgIpc) is 3.06. The van der Waals surface area contributed by atoms with Crippen molar-refractivity contribution >= 4 is 39.1 Å². The molecule has 3 aromatic rings. The van der Waals surface area contributed by atoms with Crippen molar-refractivity contribution < 1.29 is 14.5 Å². The standard InChI is InChI=1S/C25H17BrN2O4/c1-13-10-11-14(12-19(13)28(31)32)27-23(29)21-20-15-6-2-4-8-17(15)25(26,22(21)24(27)30)18-9-5-3-7-16(18)20/h2-12,20-22H,1H3/t20?,21-,22+,25?/m0/s1. The fraction of sp³-hybridized carbons (Fsp3) is 0.200. The predicted octanol–water partition coefficient (Wildman–Crippen LogP) is 4.81. The first-order chi connectivity index (χ1) is 15.4. The summed E-state index contributed by atoms with van der Waals surface area (Å²) in [6.07, 6.45) is 0. The SMILES string of the molecule is Cc1ccc(N2C(=O)[C@H]3C4c5ccccc5C(Br)(c5ccccc54)[C@H]3C2=O)cc1[N+](=O)[O-]. The molecule has 1 saturated heterocycles. The van der Waals surface area contributed by atoms with E-state index in [1.807, 2.05) is 48.5 Å². The van der Waals surface area contributed by atoms with Crippen LogP contribution in [0.4, 0.5) is 11.4 Å². The van der Waals surface area contributed by atoms with E-state index in [0.717, 1.165) is 27.2 Å². The first-order valence-corrected chi connectivity index (χ1v) is 11.2. The number of rotatable bonds is 2. The zero-order valence-corrected chi connectivity index (χ0v) is 18.6. The van der Waals surface area contributed by atoms with E-state index in [4.69, 9.17) is 0 Å². The Balaban J connectivity index is 1.58. The van der Waals surface area contributed by atoms with Gasteiger partial charge in [0.05, 0.1) is 26.8 Å². The normalized spacial score (nSPS) is 27.2. The number of anilines is 1. The number of carbonyl (C=O) groups is 2. The second-order valence-corrected chi connectivity index (χ2v) is 9.86. The number of nitrogens with zero attached hydrogens (tertiary/aromatic N) is 2. The average molecular weight is 489 g/mol. The lowest BCUT2D eigenvalue weighted by atomic mass is 9.55. The number of nitro groups is 1. The molecule has 6 nitrogen and oxygen atoms in total. The predicted molar refractivity (Wildman–Crippen MR) is 122 cm³/mol. The van der Waals surface area contributed by atoms with Crippen LogP contribution in [0.5, 0.6) is 0 Å². The van der Waals surface area contributed by atoms with Crippen molar-refractivity contribution in [1.82, 2.24) is 0 Å². The number of hydrogen-bond acceptors (Lipinski definition) is 4. The van der Waals surface area contributed by atoms with Crippen LogP contribution >= 0.6 is 15.9 Å². The van der Waals surface area contributed by atoms with E-state index < -0.39 is 21.1 Å². The van der Waals surface area contributed by atoms with E-state index >= 15 is 0 Å². The number of imide groups is 1. The first kappa shape index (κ1) is 19.4. The molecule has 0 radical (unpaired) electrons.